The Labute approximate surface area is 153 Å². The minimum absolute atomic E-state index is 0.365. The lowest BCUT2D eigenvalue weighted by Crippen LogP contribution is -2.22. The highest BCUT2D eigenvalue weighted by Crippen LogP contribution is 2.14. The normalized spacial score (nSPS) is 10.7. The molecular weight excluding hydrogens is 334 g/mol. The summed E-state index contributed by atoms with van der Waals surface area (Å²) < 4.78 is 12.2. The highest BCUT2D eigenvalue weighted by molar-refractivity contribution is 5.95. The van der Waals surface area contributed by atoms with Gasteiger partial charge in [-0.1, -0.05) is 13.8 Å². The van der Waals surface area contributed by atoms with Crippen LogP contribution in [0.5, 0.6) is 5.75 Å². The largest absolute Gasteiger partial charge is 0.494 e. The molecule has 0 fully saturated rings. The van der Waals surface area contributed by atoms with Gasteiger partial charge in [-0.15, -0.1) is 0 Å². The van der Waals surface area contributed by atoms with Gasteiger partial charge in [0.05, 0.1) is 17.9 Å². The first-order valence-corrected chi connectivity index (χ1v) is 8.55. The number of hydrogen-bond donors (Lipinski definition) is 1. The van der Waals surface area contributed by atoms with Crippen molar-refractivity contribution in [1.82, 2.24) is 9.78 Å². The Balaban J connectivity index is 1.80. The molecule has 7 nitrogen and oxygen atoms in total. The molecule has 0 aliphatic carbocycles. The molecule has 1 aromatic heterocycles. The summed E-state index contributed by atoms with van der Waals surface area (Å²) in [5.41, 5.74) is 1.15. The molecule has 0 aliphatic heterocycles. The minimum Gasteiger partial charge on any atom is -0.494 e. The number of aromatic nitrogens is 2. The second kappa shape index (κ2) is 9.03. The fourth-order valence-corrected chi connectivity index (χ4v) is 2.22. The molecule has 0 radical (unpaired) electrons. The first-order valence-electron chi connectivity index (χ1n) is 8.55. The molecule has 2 rings (SSSR count). The van der Waals surface area contributed by atoms with Crippen LogP contribution in [0.2, 0.25) is 0 Å². The smallest absolute Gasteiger partial charge is 0.338 e. The number of carbonyl (C=O) groups is 2. The van der Waals surface area contributed by atoms with E-state index in [4.69, 9.17) is 9.47 Å². The summed E-state index contributed by atoms with van der Waals surface area (Å²) >= 11 is 0. The fraction of sp³-hybridized carbons (Fsp3) is 0.421. The third-order valence-electron chi connectivity index (χ3n) is 3.66. The number of esters is 1. The summed E-state index contributed by atoms with van der Waals surface area (Å²) in [6.07, 6.45) is 0.967. The highest BCUT2D eigenvalue weighted by Gasteiger charge is 2.12. The van der Waals surface area contributed by atoms with E-state index in [0.717, 1.165) is 12.1 Å². The van der Waals surface area contributed by atoms with Gasteiger partial charge in [0.15, 0.2) is 6.61 Å². The Morgan fingerprint density at radius 3 is 2.50 bits per heavy atom. The molecule has 140 valence electrons. The van der Waals surface area contributed by atoms with Crippen LogP contribution < -0.4 is 10.1 Å². The van der Waals surface area contributed by atoms with Gasteiger partial charge in [0.1, 0.15) is 11.6 Å². The van der Waals surface area contributed by atoms with Crippen LogP contribution in [0.3, 0.4) is 0 Å². The predicted molar refractivity (Wildman–Crippen MR) is 98.2 cm³/mol. The number of nitrogens with zero attached hydrogens (tertiary/aromatic N) is 2. The maximum absolute atomic E-state index is 12.0. The maximum Gasteiger partial charge on any atom is 0.338 e. The number of benzene rings is 1. The second-order valence-electron chi connectivity index (χ2n) is 6.47. The van der Waals surface area contributed by atoms with Crippen LogP contribution in [0, 0.1) is 12.8 Å². The van der Waals surface area contributed by atoms with Crippen molar-refractivity contribution < 1.29 is 19.1 Å². The molecule has 1 heterocycles. The van der Waals surface area contributed by atoms with Crippen LogP contribution in [-0.4, -0.2) is 34.9 Å². The van der Waals surface area contributed by atoms with Crippen molar-refractivity contribution in [2.45, 2.75) is 27.2 Å². The average Bonchev–Trinajstić information content (AvgIpc) is 2.90. The van der Waals surface area contributed by atoms with Crippen LogP contribution in [0.15, 0.2) is 30.3 Å². The van der Waals surface area contributed by atoms with Gasteiger partial charge in [-0.05, 0) is 43.5 Å². The van der Waals surface area contributed by atoms with Gasteiger partial charge in [0.25, 0.3) is 5.91 Å². The first-order chi connectivity index (χ1) is 12.3. The van der Waals surface area contributed by atoms with Crippen LogP contribution in [0.1, 0.15) is 36.3 Å². The lowest BCUT2D eigenvalue weighted by Gasteiger charge is -2.09. The molecule has 0 spiro atoms. The standard InChI is InChI=1S/C19H25N3O4/c1-13(2)9-10-25-16-7-5-15(6-8-16)19(24)26-12-18(23)20-17-11-14(3)21-22(17)4/h5-8,11,13H,9-10,12H2,1-4H3,(H,20,23). The predicted octanol–water partition coefficient (Wildman–Crippen LogP) is 2.95. The van der Waals surface area contributed by atoms with Gasteiger partial charge in [-0.3, -0.25) is 9.48 Å². The molecule has 0 unspecified atom stereocenters. The topological polar surface area (TPSA) is 82.5 Å². The van der Waals surface area contributed by atoms with E-state index in [1.807, 2.05) is 6.92 Å². The highest BCUT2D eigenvalue weighted by atomic mass is 16.5. The van der Waals surface area contributed by atoms with Crippen molar-refractivity contribution >= 4 is 17.7 Å². The maximum atomic E-state index is 12.0. The minimum atomic E-state index is -0.560. The summed E-state index contributed by atoms with van der Waals surface area (Å²) in [5, 5.41) is 6.77. The zero-order valence-electron chi connectivity index (χ0n) is 15.6. The van der Waals surface area contributed by atoms with E-state index in [2.05, 4.69) is 24.3 Å². The quantitative estimate of drug-likeness (QED) is 0.733. The molecule has 2 aromatic rings. The Kier molecular flexibility index (Phi) is 6.77. The zero-order valence-corrected chi connectivity index (χ0v) is 15.6. The van der Waals surface area contributed by atoms with Crippen molar-refractivity contribution in [3.63, 3.8) is 0 Å². The van der Waals surface area contributed by atoms with Crippen LogP contribution >= 0.6 is 0 Å². The summed E-state index contributed by atoms with van der Waals surface area (Å²) in [6.45, 7) is 6.36. The molecule has 0 saturated carbocycles. The van der Waals surface area contributed by atoms with Crippen LogP contribution in [-0.2, 0) is 16.6 Å². The fourth-order valence-electron chi connectivity index (χ4n) is 2.22. The number of ether oxygens (including phenoxy) is 2. The molecule has 26 heavy (non-hydrogen) atoms. The Bertz CT molecular complexity index is 751. The Morgan fingerprint density at radius 2 is 1.92 bits per heavy atom. The van der Waals surface area contributed by atoms with Gasteiger partial charge in [-0.2, -0.15) is 5.10 Å². The summed E-state index contributed by atoms with van der Waals surface area (Å²) in [5.74, 6) is 0.841. The lowest BCUT2D eigenvalue weighted by molar-refractivity contribution is -0.119. The van der Waals surface area contributed by atoms with Gasteiger partial charge >= 0.3 is 5.97 Å². The van der Waals surface area contributed by atoms with E-state index in [9.17, 15) is 9.59 Å². The molecule has 0 saturated heterocycles. The van der Waals surface area contributed by atoms with E-state index in [-0.39, 0.29) is 6.61 Å². The van der Waals surface area contributed by atoms with Gasteiger partial charge in [-0.25, -0.2) is 4.79 Å². The third kappa shape index (κ3) is 5.91. The van der Waals surface area contributed by atoms with Crippen LogP contribution in [0.4, 0.5) is 5.82 Å². The van der Waals surface area contributed by atoms with Gasteiger partial charge in [0.2, 0.25) is 0 Å². The summed E-state index contributed by atoms with van der Waals surface area (Å²) in [6, 6.07) is 8.41. The number of carbonyl (C=O) groups excluding carboxylic acids is 2. The molecule has 0 bridgehead atoms. The third-order valence-corrected chi connectivity index (χ3v) is 3.66. The number of rotatable bonds is 8. The van der Waals surface area contributed by atoms with Crippen molar-refractivity contribution in [2.75, 3.05) is 18.5 Å². The zero-order chi connectivity index (χ0) is 19.1. The van der Waals surface area contributed by atoms with E-state index in [1.54, 1.807) is 42.1 Å². The molecule has 0 aliphatic rings. The molecular formula is C19H25N3O4. The first kappa shape index (κ1) is 19.5. The summed E-state index contributed by atoms with van der Waals surface area (Å²) in [7, 11) is 1.72. The van der Waals surface area contributed by atoms with E-state index < -0.39 is 11.9 Å². The average molecular weight is 359 g/mol. The number of hydrogen-bond acceptors (Lipinski definition) is 5. The molecule has 0 atom stereocenters. The second-order valence-corrected chi connectivity index (χ2v) is 6.47. The number of nitrogens with one attached hydrogen (secondary N) is 1. The van der Waals surface area contributed by atoms with Gasteiger partial charge in [0, 0.05) is 13.1 Å². The van der Waals surface area contributed by atoms with E-state index >= 15 is 0 Å². The lowest BCUT2D eigenvalue weighted by atomic mass is 10.1. The van der Waals surface area contributed by atoms with Crippen molar-refractivity contribution in [2.24, 2.45) is 13.0 Å². The van der Waals surface area contributed by atoms with Crippen molar-refractivity contribution in [3.8, 4) is 5.75 Å². The number of anilines is 1. The number of aryl methyl sites for hydroxylation is 2. The monoisotopic (exact) mass is 359 g/mol. The van der Waals surface area contributed by atoms with Crippen LogP contribution in [0.25, 0.3) is 0 Å². The summed E-state index contributed by atoms with van der Waals surface area (Å²) in [4.78, 5) is 23.9. The molecule has 1 amide bonds. The van der Waals surface area contributed by atoms with Crippen molar-refractivity contribution in [1.29, 1.82) is 0 Å². The molecule has 1 aromatic carbocycles. The van der Waals surface area contributed by atoms with E-state index in [0.29, 0.717) is 29.7 Å². The SMILES string of the molecule is Cc1cc(NC(=O)COC(=O)c2ccc(OCCC(C)C)cc2)n(C)n1. The van der Waals surface area contributed by atoms with E-state index in [1.165, 1.54) is 0 Å². The molecule has 1 N–H and O–H groups in total. The number of amides is 1. The van der Waals surface area contributed by atoms with Crippen molar-refractivity contribution in [3.05, 3.63) is 41.6 Å². The molecule has 7 heteroatoms. The van der Waals surface area contributed by atoms with Gasteiger partial charge < -0.3 is 14.8 Å². The Morgan fingerprint density at radius 1 is 1.23 bits per heavy atom. The Hall–Kier alpha value is -2.83.